The van der Waals surface area contributed by atoms with E-state index in [1.54, 1.807) is 6.07 Å². The fourth-order valence-electron chi connectivity index (χ4n) is 4.48. The van der Waals surface area contributed by atoms with E-state index in [0.29, 0.717) is 11.6 Å². The van der Waals surface area contributed by atoms with E-state index in [1.165, 1.54) is 32.1 Å². The number of ether oxygens (including phenoxy) is 1. The van der Waals surface area contributed by atoms with Gasteiger partial charge in [-0.05, 0) is 38.0 Å². The summed E-state index contributed by atoms with van der Waals surface area (Å²) in [5, 5.41) is 9.64. The van der Waals surface area contributed by atoms with E-state index in [-0.39, 0.29) is 42.0 Å². The first-order valence-electron chi connectivity index (χ1n) is 11.4. The molecule has 1 aromatic rings. The van der Waals surface area contributed by atoms with Crippen molar-refractivity contribution in [2.45, 2.75) is 44.6 Å². The van der Waals surface area contributed by atoms with E-state index in [0.717, 1.165) is 45.0 Å². The second-order valence-electron chi connectivity index (χ2n) is 8.21. The number of nitrogens with zero attached hydrogens (tertiary/aromatic N) is 2. The predicted molar refractivity (Wildman–Crippen MR) is 141 cm³/mol. The van der Waals surface area contributed by atoms with Gasteiger partial charge >= 0.3 is 0 Å². The topological polar surface area (TPSA) is 78.0 Å². The van der Waals surface area contributed by atoms with E-state index in [4.69, 9.17) is 11.2 Å². The molecule has 1 aliphatic carbocycles. The maximum absolute atomic E-state index is 12.4. The number of amides is 1. The maximum Gasteiger partial charge on any atom is 0.246 e. The maximum atomic E-state index is 12.4. The molecule has 2 fully saturated rings. The number of rotatable bonds is 7. The van der Waals surface area contributed by atoms with Crippen LogP contribution in [0.25, 0.3) is 0 Å². The summed E-state index contributed by atoms with van der Waals surface area (Å²) < 4.78 is 5.57. The molecule has 7 nitrogen and oxygen atoms in total. The summed E-state index contributed by atoms with van der Waals surface area (Å²) in [5.41, 5.74) is 1.55. The van der Waals surface area contributed by atoms with Crippen molar-refractivity contribution in [1.82, 2.24) is 15.5 Å². The molecule has 1 saturated heterocycles. The number of terminal acetylenes is 1. The minimum absolute atomic E-state index is 0. The molecule has 0 bridgehead atoms. The van der Waals surface area contributed by atoms with Crippen molar-refractivity contribution in [3.63, 3.8) is 0 Å². The molecule has 176 valence electrons. The molecule has 0 aromatic heterocycles. The molecule has 0 atom stereocenters. The number of anilines is 1. The van der Waals surface area contributed by atoms with Gasteiger partial charge in [-0.1, -0.05) is 31.2 Å². The van der Waals surface area contributed by atoms with Gasteiger partial charge in [0.25, 0.3) is 0 Å². The molecule has 1 amide bonds. The summed E-state index contributed by atoms with van der Waals surface area (Å²) in [4.78, 5) is 19.5. The van der Waals surface area contributed by atoms with Crippen LogP contribution >= 0.6 is 24.0 Å². The molecule has 0 spiro atoms. The van der Waals surface area contributed by atoms with E-state index >= 15 is 0 Å². The average Bonchev–Trinajstić information content (AvgIpc) is 2.82. The number of hydrogen-bond acceptors (Lipinski definition) is 4. The molecule has 2 aliphatic rings. The Morgan fingerprint density at radius 2 is 1.97 bits per heavy atom. The summed E-state index contributed by atoms with van der Waals surface area (Å²) >= 11 is 0. The van der Waals surface area contributed by atoms with Crippen LogP contribution in [0.4, 0.5) is 5.69 Å². The minimum Gasteiger partial charge on any atom is -0.379 e. The highest BCUT2D eigenvalue weighted by Gasteiger charge is 2.38. The lowest BCUT2D eigenvalue weighted by atomic mass is 9.80. The summed E-state index contributed by atoms with van der Waals surface area (Å²) in [6.45, 7) is 7.20. The fourth-order valence-corrected chi connectivity index (χ4v) is 4.48. The van der Waals surface area contributed by atoms with Crippen LogP contribution in [0.1, 0.15) is 44.6 Å². The Balaban J connectivity index is 0.00000363. The molecule has 3 N–H and O–H groups in total. The second-order valence-corrected chi connectivity index (χ2v) is 8.21. The lowest BCUT2D eigenvalue weighted by Gasteiger charge is -2.48. The van der Waals surface area contributed by atoms with E-state index in [1.807, 2.05) is 25.1 Å². The SMILES string of the molecule is C#Cc1cccc(NC(=O)CN=C(NCC)NCC2(N3CCOCC3)CCCCC2)c1.I. The zero-order valence-electron chi connectivity index (χ0n) is 19.0. The summed E-state index contributed by atoms with van der Waals surface area (Å²) in [6.07, 6.45) is 11.6. The molecule has 8 heteroatoms. The monoisotopic (exact) mass is 553 g/mol. The van der Waals surface area contributed by atoms with Gasteiger partial charge in [-0.2, -0.15) is 0 Å². The second kappa shape index (κ2) is 13.7. The smallest absolute Gasteiger partial charge is 0.246 e. The highest BCUT2D eigenvalue weighted by Crippen LogP contribution is 2.33. The summed E-state index contributed by atoms with van der Waals surface area (Å²) in [6, 6.07) is 7.26. The van der Waals surface area contributed by atoms with Crippen molar-refractivity contribution in [3.8, 4) is 12.3 Å². The van der Waals surface area contributed by atoms with Gasteiger partial charge in [0.15, 0.2) is 5.96 Å². The van der Waals surface area contributed by atoms with Crippen molar-refractivity contribution >= 4 is 41.5 Å². The van der Waals surface area contributed by atoms with Crippen LogP contribution in [0, 0.1) is 12.3 Å². The van der Waals surface area contributed by atoms with Crippen molar-refractivity contribution in [2.75, 3.05) is 51.3 Å². The van der Waals surface area contributed by atoms with Crippen LogP contribution in [0.2, 0.25) is 0 Å². The highest BCUT2D eigenvalue weighted by molar-refractivity contribution is 14.0. The Kier molecular flexibility index (Phi) is 11.3. The zero-order valence-corrected chi connectivity index (χ0v) is 21.3. The van der Waals surface area contributed by atoms with Crippen molar-refractivity contribution < 1.29 is 9.53 Å². The first-order valence-corrected chi connectivity index (χ1v) is 11.4. The molecule has 0 unspecified atom stereocenters. The quantitative estimate of drug-likeness (QED) is 0.210. The zero-order chi connectivity index (χ0) is 21.9. The third kappa shape index (κ3) is 7.64. The minimum atomic E-state index is -0.174. The average molecular weight is 553 g/mol. The van der Waals surface area contributed by atoms with Gasteiger partial charge in [-0.3, -0.25) is 9.69 Å². The van der Waals surface area contributed by atoms with Gasteiger partial charge < -0.3 is 20.7 Å². The predicted octanol–water partition coefficient (Wildman–Crippen LogP) is 2.81. The van der Waals surface area contributed by atoms with Gasteiger partial charge in [0.2, 0.25) is 5.91 Å². The third-order valence-corrected chi connectivity index (χ3v) is 6.09. The van der Waals surface area contributed by atoms with Gasteiger partial charge in [0.1, 0.15) is 6.54 Å². The number of halogens is 1. The Labute approximate surface area is 209 Å². The molecule has 1 aromatic carbocycles. The van der Waals surface area contributed by atoms with Gasteiger partial charge in [0.05, 0.1) is 13.2 Å². The van der Waals surface area contributed by atoms with Crippen LogP contribution in [-0.2, 0) is 9.53 Å². The standard InChI is InChI=1S/C24H35N5O2.HI/c1-3-20-9-8-10-21(17-20)28-22(30)18-26-23(25-4-2)27-19-24(11-6-5-7-12-24)29-13-15-31-16-14-29;/h1,8-10,17H,4-7,11-16,18-19H2,2H3,(H,28,30)(H2,25,26,27);1H. The molecule has 3 rings (SSSR count). The summed E-state index contributed by atoms with van der Waals surface area (Å²) in [7, 11) is 0. The van der Waals surface area contributed by atoms with E-state index < -0.39 is 0 Å². The third-order valence-electron chi connectivity index (χ3n) is 6.09. The largest absolute Gasteiger partial charge is 0.379 e. The Bertz CT molecular complexity index is 796. The number of morpholine rings is 1. The van der Waals surface area contributed by atoms with Crippen molar-refractivity contribution in [2.24, 2.45) is 4.99 Å². The highest BCUT2D eigenvalue weighted by atomic mass is 127. The first kappa shape index (κ1) is 26.4. The first-order chi connectivity index (χ1) is 15.1. The number of nitrogens with one attached hydrogen (secondary N) is 3. The van der Waals surface area contributed by atoms with Crippen LogP contribution in [0.5, 0.6) is 0 Å². The van der Waals surface area contributed by atoms with Crippen LogP contribution in [0.15, 0.2) is 29.3 Å². The van der Waals surface area contributed by atoms with E-state index in [9.17, 15) is 4.79 Å². The fraction of sp³-hybridized carbons (Fsp3) is 0.583. The molecule has 0 radical (unpaired) electrons. The van der Waals surface area contributed by atoms with Crippen molar-refractivity contribution in [1.29, 1.82) is 0 Å². The Morgan fingerprint density at radius 1 is 1.22 bits per heavy atom. The van der Waals surface area contributed by atoms with Crippen molar-refractivity contribution in [3.05, 3.63) is 29.8 Å². The molecule has 32 heavy (non-hydrogen) atoms. The Morgan fingerprint density at radius 3 is 2.66 bits per heavy atom. The number of benzene rings is 1. The van der Waals surface area contributed by atoms with Gasteiger partial charge in [-0.15, -0.1) is 30.4 Å². The van der Waals surface area contributed by atoms with Gasteiger partial charge in [-0.25, -0.2) is 4.99 Å². The van der Waals surface area contributed by atoms with Crippen LogP contribution < -0.4 is 16.0 Å². The lowest BCUT2D eigenvalue weighted by molar-refractivity contribution is -0.114. The molecular weight excluding hydrogens is 517 g/mol. The number of carbonyl (C=O) groups is 1. The van der Waals surface area contributed by atoms with E-state index in [2.05, 4.69) is 31.8 Å². The molecule has 1 aliphatic heterocycles. The molecule has 1 heterocycles. The summed E-state index contributed by atoms with van der Waals surface area (Å²) in [5.74, 6) is 3.08. The molecule has 1 saturated carbocycles. The normalized spacial score (nSPS) is 18.7. The lowest BCUT2D eigenvalue weighted by Crippen LogP contribution is -2.60. The number of carbonyl (C=O) groups excluding carboxylic acids is 1. The van der Waals surface area contributed by atoms with Crippen LogP contribution in [-0.4, -0.2) is 68.2 Å². The number of guanidine groups is 1. The molecular formula is C24H36IN5O2. The number of aliphatic imine (C=N–C) groups is 1. The van der Waals surface area contributed by atoms with Gasteiger partial charge in [0, 0.05) is 43.0 Å². The Hall–Kier alpha value is -1.83. The van der Waals surface area contributed by atoms with Crippen LogP contribution in [0.3, 0.4) is 0 Å². The number of hydrogen-bond donors (Lipinski definition) is 3.